The Morgan fingerprint density at radius 3 is 2.14 bits per heavy atom. The molecule has 0 saturated carbocycles. The second-order valence-corrected chi connectivity index (χ2v) is 14.1. The number of aromatic carboxylic acids is 1. The number of piperazine rings is 1. The summed E-state index contributed by atoms with van der Waals surface area (Å²) in [6.07, 6.45) is -0.826. The molecule has 3 aromatic carbocycles. The van der Waals surface area contributed by atoms with Crippen LogP contribution in [-0.4, -0.2) is 79.8 Å². The zero-order valence-electron chi connectivity index (χ0n) is 32.6. The SMILES string of the molecule is CCn1cc(C(=O)O)c(=O)c2cc(F)c(N3CCN(C(=O)OCc4ccc(NC(=O)CC(=N)n5c(N)c(C(C)C)n(C(=O)OCc6ccccc6)c5=O)cc4)CC3)cc21. The first-order valence-electron chi connectivity index (χ1n) is 18.8. The Morgan fingerprint density at radius 2 is 1.53 bits per heavy atom. The van der Waals surface area contributed by atoms with E-state index >= 15 is 4.39 Å². The number of halogens is 1. The average molecular weight is 811 g/mol. The molecule has 3 heterocycles. The first-order valence-corrected chi connectivity index (χ1v) is 18.8. The standard InChI is InChI=1S/C41H43FN8O9/c1-4-46-21-29(38(53)54)36(52)28-18-30(42)32(19-31(28)46)47-14-16-48(17-15-47)40(56)58-23-26-10-12-27(13-11-26)45-34(51)20-33(43)49-37(44)35(24(2)3)50(39(49)55)41(57)59-22-25-8-6-5-7-9-25/h5-13,18-19,21,24,43H,4,14-17,20,22-23,44H2,1-3H3,(H,45,51)(H,53,54). The van der Waals surface area contributed by atoms with Gasteiger partial charge in [-0.2, -0.15) is 4.57 Å². The van der Waals surface area contributed by atoms with E-state index in [1.165, 1.54) is 17.2 Å². The minimum atomic E-state index is -1.39. The van der Waals surface area contributed by atoms with Crippen molar-refractivity contribution in [1.82, 2.24) is 18.6 Å². The quantitative estimate of drug-likeness (QED) is 0.102. The van der Waals surface area contributed by atoms with Crippen LogP contribution in [0.2, 0.25) is 0 Å². The van der Waals surface area contributed by atoms with Crippen LogP contribution in [0.5, 0.6) is 0 Å². The van der Waals surface area contributed by atoms with Crippen molar-refractivity contribution in [3.8, 4) is 0 Å². The topological polar surface area (TPSA) is 224 Å². The molecule has 0 aliphatic carbocycles. The number of nitrogen functional groups attached to an aromatic ring is 1. The molecule has 1 saturated heterocycles. The Labute approximate surface area is 336 Å². The van der Waals surface area contributed by atoms with Crippen molar-refractivity contribution in [3.05, 3.63) is 122 Å². The zero-order chi connectivity index (χ0) is 42.5. The lowest BCUT2D eigenvalue weighted by atomic mass is 10.1. The molecule has 17 nitrogen and oxygen atoms in total. The number of benzene rings is 3. The Kier molecular flexibility index (Phi) is 12.3. The average Bonchev–Trinajstić information content (AvgIpc) is 3.49. The van der Waals surface area contributed by atoms with Crippen LogP contribution in [0.1, 0.15) is 60.3 Å². The normalized spacial score (nSPS) is 12.8. The van der Waals surface area contributed by atoms with Crippen molar-refractivity contribution in [2.45, 2.75) is 52.9 Å². The second-order valence-electron chi connectivity index (χ2n) is 14.1. The molecule has 0 spiro atoms. The van der Waals surface area contributed by atoms with E-state index in [2.05, 4.69) is 5.32 Å². The highest BCUT2D eigenvalue weighted by molar-refractivity contribution is 6.06. The number of nitrogens with two attached hydrogens (primary N) is 1. The number of carboxylic acids is 1. The fraction of sp³-hybridized carbons (Fsp3) is 0.293. The van der Waals surface area contributed by atoms with E-state index in [4.69, 9.17) is 20.6 Å². The van der Waals surface area contributed by atoms with Crippen molar-refractivity contribution in [1.29, 1.82) is 5.41 Å². The highest BCUT2D eigenvalue weighted by Gasteiger charge is 2.29. The van der Waals surface area contributed by atoms with Gasteiger partial charge in [-0.3, -0.25) is 15.0 Å². The minimum Gasteiger partial charge on any atom is -0.477 e. The third-order valence-electron chi connectivity index (χ3n) is 9.86. The highest BCUT2D eigenvalue weighted by atomic mass is 19.1. The highest BCUT2D eigenvalue weighted by Crippen LogP contribution is 2.27. The lowest BCUT2D eigenvalue weighted by Crippen LogP contribution is -2.49. The molecule has 0 bridgehead atoms. The van der Waals surface area contributed by atoms with Gasteiger partial charge in [0.2, 0.25) is 11.3 Å². The van der Waals surface area contributed by atoms with Crippen LogP contribution in [0.25, 0.3) is 10.9 Å². The number of carbonyl (C=O) groups excluding carboxylic acids is 3. The summed E-state index contributed by atoms with van der Waals surface area (Å²) >= 11 is 0. The summed E-state index contributed by atoms with van der Waals surface area (Å²) in [4.78, 5) is 79.8. The van der Waals surface area contributed by atoms with Crippen molar-refractivity contribution in [3.63, 3.8) is 0 Å². The van der Waals surface area contributed by atoms with Gasteiger partial charge in [0.1, 0.15) is 36.2 Å². The van der Waals surface area contributed by atoms with Crippen LogP contribution in [0.15, 0.2) is 82.5 Å². The van der Waals surface area contributed by atoms with E-state index < -0.39 is 64.7 Å². The van der Waals surface area contributed by atoms with Gasteiger partial charge in [0, 0.05) is 50.0 Å². The van der Waals surface area contributed by atoms with E-state index in [0.717, 1.165) is 15.2 Å². The molecule has 5 N–H and O–H groups in total. The molecule has 1 aliphatic heterocycles. The summed E-state index contributed by atoms with van der Waals surface area (Å²) in [5.41, 5.74) is 6.62. The number of nitrogens with zero attached hydrogens (tertiary/aromatic N) is 5. The Balaban J connectivity index is 1.01. The monoisotopic (exact) mass is 810 g/mol. The molecular weight excluding hydrogens is 767 g/mol. The number of fused-ring (bicyclic) bond motifs is 1. The lowest BCUT2D eigenvalue weighted by Gasteiger charge is -2.35. The fourth-order valence-electron chi connectivity index (χ4n) is 6.85. The summed E-state index contributed by atoms with van der Waals surface area (Å²) in [5.74, 6) is -3.69. The Bertz CT molecular complexity index is 2560. The van der Waals surface area contributed by atoms with E-state index in [0.29, 0.717) is 28.9 Å². The van der Waals surface area contributed by atoms with Crippen LogP contribution < -0.4 is 27.1 Å². The van der Waals surface area contributed by atoms with Crippen LogP contribution >= 0.6 is 0 Å². The van der Waals surface area contributed by atoms with Crippen molar-refractivity contribution < 1.29 is 38.1 Å². The third kappa shape index (κ3) is 8.85. The molecule has 2 aromatic heterocycles. The Morgan fingerprint density at radius 1 is 0.898 bits per heavy atom. The van der Waals surface area contributed by atoms with Gasteiger partial charge in [-0.25, -0.2) is 28.1 Å². The summed E-state index contributed by atoms with van der Waals surface area (Å²) in [7, 11) is 0. The van der Waals surface area contributed by atoms with E-state index in [1.807, 2.05) is 6.07 Å². The first-order chi connectivity index (χ1) is 28.2. The first kappa shape index (κ1) is 41.4. The number of carboxylic acid groups (broad SMARTS) is 1. The molecule has 1 aliphatic rings. The van der Waals surface area contributed by atoms with Crippen LogP contribution in [-0.2, 0) is 34.0 Å². The summed E-state index contributed by atoms with van der Waals surface area (Å²) < 4.78 is 29.3. The molecule has 5 aromatic rings. The number of hydrogen-bond donors (Lipinski definition) is 4. The largest absolute Gasteiger partial charge is 0.477 e. The molecule has 18 heteroatoms. The van der Waals surface area contributed by atoms with Gasteiger partial charge in [-0.15, -0.1) is 0 Å². The van der Waals surface area contributed by atoms with Gasteiger partial charge < -0.3 is 40.0 Å². The van der Waals surface area contributed by atoms with Crippen molar-refractivity contribution in [2.75, 3.05) is 42.1 Å². The molecule has 0 radical (unpaired) electrons. The number of pyridine rings is 1. The predicted molar refractivity (Wildman–Crippen MR) is 217 cm³/mol. The number of anilines is 3. The Hall–Kier alpha value is -7.24. The van der Waals surface area contributed by atoms with Crippen molar-refractivity contribution >= 4 is 58.0 Å². The van der Waals surface area contributed by atoms with Gasteiger partial charge in [0.15, 0.2) is 0 Å². The smallest absolute Gasteiger partial charge is 0.422 e. The van der Waals surface area contributed by atoms with E-state index in [-0.39, 0.29) is 62.0 Å². The van der Waals surface area contributed by atoms with Crippen LogP contribution in [0, 0.1) is 11.2 Å². The maximum Gasteiger partial charge on any atom is 0.422 e. The van der Waals surface area contributed by atoms with Crippen LogP contribution in [0.4, 0.5) is 31.2 Å². The molecule has 59 heavy (non-hydrogen) atoms. The van der Waals surface area contributed by atoms with Gasteiger partial charge in [-0.1, -0.05) is 56.3 Å². The van der Waals surface area contributed by atoms with Gasteiger partial charge >= 0.3 is 23.8 Å². The number of nitrogens with one attached hydrogen (secondary N) is 2. The number of rotatable bonds is 11. The summed E-state index contributed by atoms with van der Waals surface area (Å²) in [6.45, 7) is 6.46. The predicted octanol–water partition coefficient (Wildman–Crippen LogP) is 5.03. The van der Waals surface area contributed by atoms with Gasteiger partial charge in [-0.05, 0) is 48.2 Å². The van der Waals surface area contributed by atoms with Gasteiger partial charge in [0.25, 0.3) is 0 Å². The maximum absolute atomic E-state index is 15.3. The molecule has 0 atom stereocenters. The second kappa shape index (κ2) is 17.5. The number of aromatic nitrogens is 3. The van der Waals surface area contributed by atoms with Gasteiger partial charge in [0.05, 0.1) is 23.3 Å². The van der Waals surface area contributed by atoms with E-state index in [9.17, 15) is 33.9 Å². The maximum atomic E-state index is 15.3. The minimum absolute atomic E-state index is 0.0295. The van der Waals surface area contributed by atoms with Crippen LogP contribution in [0.3, 0.4) is 0 Å². The third-order valence-corrected chi connectivity index (χ3v) is 9.86. The summed E-state index contributed by atoms with van der Waals surface area (Å²) in [5, 5.41) is 20.6. The van der Waals surface area contributed by atoms with E-state index in [1.54, 1.807) is 78.8 Å². The number of imidazole rings is 1. The summed E-state index contributed by atoms with van der Waals surface area (Å²) in [6, 6.07) is 17.9. The molecule has 1 fully saturated rings. The molecule has 2 amide bonds. The number of hydrogen-bond acceptors (Lipinski definition) is 11. The molecule has 0 unspecified atom stereocenters. The molecule has 308 valence electrons. The fourth-order valence-corrected chi connectivity index (χ4v) is 6.85. The lowest BCUT2D eigenvalue weighted by molar-refractivity contribution is -0.115. The number of amides is 2. The number of ether oxygens (including phenoxy) is 2. The van der Waals surface area contributed by atoms with Crippen molar-refractivity contribution in [2.24, 2.45) is 0 Å². The molecular formula is C41H43FN8O9. The number of aryl methyl sites for hydroxylation is 1. The molecule has 6 rings (SSSR count). The number of carbonyl (C=O) groups is 4. The zero-order valence-corrected chi connectivity index (χ0v) is 32.6.